The second-order valence-electron chi connectivity index (χ2n) is 1.97. The first-order valence-corrected chi connectivity index (χ1v) is 4.13. The molecule has 0 fully saturated rings. The molecule has 0 aliphatic heterocycles. The summed E-state index contributed by atoms with van der Waals surface area (Å²) in [6.07, 6.45) is 4.34. The maximum Gasteiger partial charge on any atom is 0.118 e. The fraction of sp³-hybridized carbons (Fsp3) is 0.500. The normalized spacial score (nSPS) is 13.4. The number of halogens is 1. The zero-order valence-corrected chi connectivity index (χ0v) is 7.07. The topological polar surface area (TPSA) is 28.7 Å². The number of aromatic nitrogens is 2. The molecule has 1 atom stereocenters. The van der Waals surface area contributed by atoms with Crippen LogP contribution in [0.25, 0.3) is 0 Å². The van der Waals surface area contributed by atoms with Gasteiger partial charge in [-0.15, -0.1) is 11.6 Å². The molecular formula is C6H9ClN2S. The minimum atomic E-state index is 0.146. The summed E-state index contributed by atoms with van der Waals surface area (Å²) in [5, 5.41) is 0.146. The maximum absolute atomic E-state index is 5.52. The van der Waals surface area contributed by atoms with E-state index in [0.29, 0.717) is 5.88 Å². The molecule has 0 saturated heterocycles. The van der Waals surface area contributed by atoms with Crippen LogP contribution in [0.1, 0.15) is 17.5 Å². The van der Waals surface area contributed by atoms with Crippen molar-refractivity contribution in [3.8, 4) is 0 Å². The van der Waals surface area contributed by atoms with E-state index in [1.54, 1.807) is 12.4 Å². The molecule has 1 aromatic rings. The highest BCUT2D eigenvalue weighted by molar-refractivity contribution is 7.80. The molecule has 0 aliphatic rings. The Hall–Kier alpha value is -0.150. The van der Waals surface area contributed by atoms with E-state index in [-0.39, 0.29) is 5.25 Å². The predicted octanol–water partition coefficient (Wildman–Crippen LogP) is 2.01. The lowest BCUT2D eigenvalue weighted by atomic mass is 10.3. The predicted molar refractivity (Wildman–Crippen MR) is 45.7 cm³/mol. The van der Waals surface area contributed by atoms with Crippen LogP contribution >= 0.6 is 24.2 Å². The van der Waals surface area contributed by atoms with Crippen molar-refractivity contribution in [1.82, 2.24) is 9.97 Å². The van der Waals surface area contributed by atoms with Gasteiger partial charge in [-0.2, -0.15) is 12.6 Å². The van der Waals surface area contributed by atoms with Crippen molar-refractivity contribution in [2.45, 2.75) is 11.7 Å². The first kappa shape index (κ1) is 7.95. The molecule has 0 bridgehead atoms. The van der Waals surface area contributed by atoms with Crippen LogP contribution in [0.3, 0.4) is 0 Å². The number of alkyl halides is 1. The van der Waals surface area contributed by atoms with Crippen molar-refractivity contribution < 1.29 is 0 Å². The molecule has 0 saturated carbocycles. The van der Waals surface area contributed by atoms with Gasteiger partial charge < -0.3 is 4.98 Å². The average Bonchev–Trinajstić information content (AvgIpc) is 2.38. The Morgan fingerprint density at radius 3 is 3.10 bits per heavy atom. The van der Waals surface area contributed by atoms with Gasteiger partial charge in [0.25, 0.3) is 0 Å². The third-order valence-corrected chi connectivity index (χ3v) is 1.94. The quantitative estimate of drug-likeness (QED) is 0.536. The Kier molecular flexibility index (Phi) is 3.09. The summed E-state index contributed by atoms with van der Waals surface area (Å²) < 4.78 is 0. The number of nitrogens with one attached hydrogen (secondary N) is 1. The molecule has 0 spiro atoms. The van der Waals surface area contributed by atoms with Gasteiger partial charge in [0.15, 0.2) is 0 Å². The van der Waals surface area contributed by atoms with Crippen LogP contribution in [0.15, 0.2) is 12.4 Å². The van der Waals surface area contributed by atoms with Crippen molar-refractivity contribution in [1.29, 1.82) is 0 Å². The molecule has 10 heavy (non-hydrogen) atoms. The highest BCUT2D eigenvalue weighted by atomic mass is 35.5. The molecule has 0 amide bonds. The number of imidazole rings is 1. The van der Waals surface area contributed by atoms with Gasteiger partial charge >= 0.3 is 0 Å². The van der Waals surface area contributed by atoms with E-state index in [4.69, 9.17) is 11.6 Å². The summed E-state index contributed by atoms with van der Waals surface area (Å²) in [6, 6.07) is 0. The number of thiol groups is 1. The summed E-state index contributed by atoms with van der Waals surface area (Å²) >= 11 is 9.81. The summed E-state index contributed by atoms with van der Waals surface area (Å²) in [5.41, 5.74) is 0. The van der Waals surface area contributed by atoms with Crippen molar-refractivity contribution in [2.24, 2.45) is 0 Å². The molecule has 0 radical (unpaired) electrons. The number of rotatable bonds is 3. The second-order valence-corrected chi connectivity index (χ2v) is 2.97. The molecule has 0 aromatic carbocycles. The highest BCUT2D eigenvalue weighted by Gasteiger charge is 2.06. The summed E-state index contributed by atoms with van der Waals surface area (Å²) in [4.78, 5) is 7.02. The minimum Gasteiger partial charge on any atom is -0.348 e. The van der Waals surface area contributed by atoms with Crippen molar-refractivity contribution in [2.75, 3.05) is 5.88 Å². The van der Waals surface area contributed by atoms with Crippen LogP contribution in [0.5, 0.6) is 0 Å². The summed E-state index contributed by atoms with van der Waals surface area (Å²) in [6.45, 7) is 0. The van der Waals surface area contributed by atoms with E-state index in [0.717, 1.165) is 12.2 Å². The minimum absolute atomic E-state index is 0.146. The monoisotopic (exact) mass is 176 g/mol. The van der Waals surface area contributed by atoms with Gasteiger partial charge in [0.1, 0.15) is 5.82 Å². The van der Waals surface area contributed by atoms with Crippen LogP contribution in [0.2, 0.25) is 0 Å². The lowest BCUT2D eigenvalue weighted by Gasteiger charge is -2.02. The molecule has 56 valence electrons. The van der Waals surface area contributed by atoms with E-state index >= 15 is 0 Å². The zero-order valence-electron chi connectivity index (χ0n) is 5.42. The van der Waals surface area contributed by atoms with Gasteiger partial charge in [0.05, 0.1) is 5.25 Å². The van der Waals surface area contributed by atoms with Gasteiger partial charge in [0.2, 0.25) is 0 Å². The summed E-state index contributed by atoms with van der Waals surface area (Å²) in [5.74, 6) is 1.51. The van der Waals surface area contributed by atoms with Crippen LogP contribution in [0.4, 0.5) is 0 Å². The van der Waals surface area contributed by atoms with Gasteiger partial charge in [-0.25, -0.2) is 4.98 Å². The number of H-pyrrole nitrogens is 1. The number of nitrogens with zero attached hydrogens (tertiary/aromatic N) is 1. The Morgan fingerprint density at radius 1 is 1.80 bits per heavy atom. The Balaban J connectivity index is 2.50. The number of hydrogen-bond acceptors (Lipinski definition) is 2. The highest BCUT2D eigenvalue weighted by Crippen LogP contribution is 2.19. The SMILES string of the molecule is SC(CCCl)c1ncc[nH]1. The Labute approximate surface area is 70.4 Å². The molecule has 1 unspecified atom stereocenters. The van der Waals surface area contributed by atoms with Crippen LogP contribution in [0, 0.1) is 0 Å². The zero-order chi connectivity index (χ0) is 7.40. The molecule has 1 aromatic heterocycles. The van der Waals surface area contributed by atoms with Crippen molar-refractivity contribution in [3.63, 3.8) is 0 Å². The molecule has 2 nitrogen and oxygen atoms in total. The van der Waals surface area contributed by atoms with E-state index in [9.17, 15) is 0 Å². The van der Waals surface area contributed by atoms with E-state index in [2.05, 4.69) is 22.6 Å². The van der Waals surface area contributed by atoms with Gasteiger partial charge in [-0.3, -0.25) is 0 Å². The third kappa shape index (κ3) is 1.92. The van der Waals surface area contributed by atoms with E-state index < -0.39 is 0 Å². The summed E-state index contributed by atoms with van der Waals surface area (Å²) in [7, 11) is 0. The van der Waals surface area contributed by atoms with Gasteiger partial charge in [-0.1, -0.05) is 0 Å². The van der Waals surface area contributed by atoms with E-state index in [1.807, 2.05) is 0 Å². The van der Waals surface area contributed by atoms with E-state index in [1.165, 1.54) is 0 Å². The molecular weight excluding hydrogens is 168 g/mol. The Bertz CT molecular complexity index is 176. The molecule has 0 aliphatic carbocycles. The van der Waals surface area contributed by atoms with Crippen LogP contribution in [-0.2, 0) is 0 Å². The largest absolute Gasteiger partial charge is 0.348 e. The number of aromatic amines is 1. The number of hydrogen-bond donors (Lipinski definition) is 2. The molecule has 1 rings (SSSR count). The standard InChI is InChI=1S/C6H9ClN2S/c7-2-1-5(10)6-8-3-4-9-6/h3-5,10H,1-2H2,(H,8,9). The fourth-order valence-electron chi connectivity index (χ4n) is 0.700. The second kappa shape index (κ2) is 3.88. The smallest absolute Gasteiger partial charge is 0.118 e. The lowest BCUT2D eigenvalue weighted by Crippen LogP contribution is -1.93. The Morgan fingerprint density at radius 2 is 2.60 bits per heavy atom. The van der Waals surface area contributed by atoms with Crippen LogP contribution < -0.4 is 0 Å². The first-order chi connectivity index (χ1) is 4.84. The maximum atomic E-state index is 5.52. The van der Waals surface area contributed by atoms with Crippen molar-refractivity contribution in [3.05, 3.63) is 18.2 Å². The molecule has 4 heteroatoms. The third-order valence-electron chi connectivity index (χ3n) is 1.22. The lowest BCUT2D eigenvalue weighted by molar-refractivity contribution is 0.844. The first-order valence-electron chi connectivity index (χ1n) is 3.08. The van der Waals surface area contributed by atoms with Gasteiger partial charge in [-0.05, 0) is 6.42 Å². The molecule has 1 N–H and O–H groups in total. The molecule has 1 heterocycles. The van der Waals surface area contributed by atoms with Gasteiger partial charge in [0, 0.05) is 18.3 Å². The average molecular weight is 177 g/mol. The van der Waals surface area contributed by atoms with Crippen molar-refractivity contribution >= 4 is 24.2 Å². The van der Waals surface area contributed by atoms with Crippen LogP contribution in [-0.4, -0.2) is 15.8 Å². The fourth-order valence-corrected chi connectivity index (χ4v) is 1.34.